The smallest absolute Gasteiger partial charge is 0.0716 e. The van der Waals surface area contributed by atoms with Gasteiger partial charge in [0.1, 0.15) is 0 Å². The Hall–Kier alpha value is -1.22. The molecule has 2 rings (SSSR count). The molecule has 0 bridgehead atoms. The lowest BCUT2D eigenvalue weighted by atomic mass is 10.1. The van der Waals surface area contributed by atoms with Crippen molar-refractivity contribution in [2.45, 2.75) is 13.2 Å². The summed E-state index contributed by atoms with van der Waals surface area (Å²) in [5, 5.41) is 10.7. The Labute approximate surface area is 123 Å². The van der Waals surface area contributed by atoms with E-state index in [2.05, 4.69) is 4.90 Å². The van der Waals surface area contributed by atoms with Gasteiger partial charge in [0.2, 0.25) is 0 Å². The third-order valence-corrected chi connectivity index (χ3v) is 3.60. The van der Waals surface area contributed by atoms with Gasteiger partial charge in [-0.3, -0.25) is 0 Å². The number of nitrogens with zero attached hydrogens (tertiary/aromatic N) is 1. The third kappa shape index (κ3) is 3.41. The Morgan fingerprint density at radius 2 is 1.74 bits per heavy atom. The Morgan fingerprint density at radius 3 is 2.37 bits per heavy atom. The van der Waals surface area contributed by atoms with Gasteiger partial charge in [-0.15, -0.1) is 0 Å². The monoisotopic (exact) mass is 295 g/mol. The molecule has 1 N–H and O–H groups in total. The zero-order valence-corrected chi connectivity index (χ0v) is 12.1. The third-order valence-electron chi connectivity index (χ3n) is 3.00. The van der Waals surface area contributed by atoms with Crippen LogP contribution >= 0.6 is 23.2 Å². The predicted molar refractivity (Wildman–Crippen MR) is 80.9 cm³/mol. The van der Waals surface area contributed by atoms with Crippen molar-refractivity contribution >= 4 is 28.9 Å². The summed E-state index contributed by atoms with van der Waals surface area (Å²) in [5.74, 6) is 0. The lowest BCUT2D eigenvalue weighted by Crippen LogP contribution is -2.18. The highest BCUT2D eigenvalue weighted by molar-refractivity contribution is 6.31. The average molecular weight is 296 g/mol. The molecule has 100 valence electrons. The van der Waals surface area contributed by atoms with Crippen LogP contribution in [0, 0.1) is 0 Å². The first kappa shape index (κ1) is 14.2. The van der Waals surface area contributed by atoms with E-state index in [0.717, 1.165) is 28.4 Å². The lowest BCUT2D eigenvalue weighted by molar-refractivity contribution is 0.282. The first-order chi connectivity index (χ1) is 9.11. The quantitative estimate of drug-likeness (QED) is 0.917. The van der Waals surface area contributed by atoms with Crippen molar-refractivity contribution in [3.63, 3.8) is 0 Å². The Bertz CT molecular complexity index is 555. The number of hydrogen-bond acceptors (Lipinski definition) is 2. The minimum Gasteiger partial charge on any atom is -0.392 e. The molecular weight excluding hydrogens is 281 g/mol. The van der Waals surface area contributed by atoms with Crippen LogP contribution in [-0.4, -0.2) is 12.2 Å². The number of aliphatic hydroxyl groups is 1. The highest BCUT2D eigenvalue weighted by atomic mass is 35.5. The van der Waals surface area contributed by atoms with E-state index in [4.69, 9.17) is 23.2 Å². The molecule has 2 aromatic rings. The molecule has 0 saturated heterocycles. The maximum Gasteiger partial charge on any atom is 0.0716 e. The van der Waals surface area contributed by atoms with E-state index in [1.807, 2.05) is 43.4 Å². The van der Waals surface area contributed by atoms with Crippen molar-refractivity contribution in [3.05, 3.63) is 63.6 Å². The zero-order valence-electron chi connectivity index (χ0n) is 10.6. The van der Waals surface area contributed by atoms with E-state index in [0.29, 0.717) is 5.02 Å². The summed E-state index contributed by atoms with van der Waals surface area (Å²) in [6.45, 7) is 0.657. The molecule has 0 heterocycles. The number of anilines is 1. The highest BCUT2D eigenvalue weighted by Crippen LogP contribution is 2.27. The van der Waals surface area contributed by atoms with Gasteiger partial charge in [0.05, 0.1) is 6.61 Å². The van der Waals surface area contributed by atoms with Crippen molar-refractivity contribution in [1.82, 2.24) is 0 Å². The fourth-order valence-electron chi connectivity index (χ4n) is 2.01. The van der Waals surface area contributed by atoms with Crippen molar-refractivity contribution in [3.8, 4) is 0 Å². The van der Waals surface area contributed by atoms with Crippen LogP contribution < -0.4 is 4.90 Å². The van der Waals surface area contributed by atoms with Crippen molar-refractivity contribution in [2.24, 2.45) is 0 Å². The van der Waals surface area contributed by atoms with Gasteiger partial charge in [0.25, 0.3) is 0 Å². The molecule has 0 aliphatic heterocycles. The van der Waals surface area contributed by atoms with Gasteiger partial charge in [0.15, 0.2) is 0 Å². The van der Waals surface area contributed by atoms with Crippen LogP contribution in [0.4, 0.5) is 5.69 Å². The van der Waals surface area contributed by atoms with Crippen LogP contribution in [0.25, 0.3) is 0 Å². The second-order valence-electron chi connectivity index (χ2n) is 4.38. The van der Waals surface area contributed by atoms with Crippen LogP contribution in [0.1, 0.15) is 11.1 Å². The van der Waals surface area contributed by atoms with E-state index in [1.165, 1.54) is 0 Å². The number of rotatable bonds is 4. The predicted octanol–water partition coefficient (Wildman–Crippen LogP) is 4.12. The molecule has 0 amide bonds. The van der Waals surface area contributed by atoms with Crippen LogP contribution in [0.3, 0.4) is 0 Å². The minimum atomic E-state index is -0.0695. The summed E-state index contributed by atoms with van der Waals surface area (Å²) in [4.78, 5) is 2.06. The van der Waals surface area contributed by atoms with Gasteiger partial charge in [-0.25, -0.2) is 0 Å². The van der Waals surface area contributed by atoms with E-state index < -0.39 is 0 Å². The van der Waals surface area contributed by atoms with Gasteiger partial charge >= 0.3 is 0 Å². The Balaban J connectivity index is 2.22. The first-order valence-electron chi connectivity index (χ1n) is 5.95. The topological polar surface area (TPSA) is 23.5 Å². The molecule has 0 aromatic heterocycles. The van der Waals surface area contributed by atoms with Gasteiger partial charge in [-0.1, -0.05) is 41.4 Å². The van der Waals surface area contributed by atoms with Crippen LogP contribution in [0.15, 0.2) is 42.5 Å². The van der Waals surface area contributed by atoms with E-state index in [-0.39, 0.29) is 6.61 Å². The molecule has 0 spiro atoms. The molecule has 0 fully saturated rings. The largest absolute Gasteiger partial charge is 0.392 e. The summed E-state index contributed by atoms with van der Waals surface area (Å²) in [6, 6.07) is 13.3. The molecular formula is C15H15Cl2NO. The zero-order chi connectivity index (χ0) is 13.8. The van der Waals surface area contributed by atoms with Crippen molar-refractivity contribution < 1.29 is 5.11 Å². The molecule has 0 saturated carbocycles. The summed E-state index contributed by atoms with van der Waals surface area (Å²) in [5.41, 5.74) is 2.83. The number of halogens is 2. The van der Waals surface area contributed by atoms with E-state index in [9.17, 15) is 5.11 Å². The van der Waals surface area contributed by atoms with Gasteiger partial charge in [-0.05, 0) is 29.8 Å². The summed E-state index contributed by atoms with van der Waals surface area (Å²) in [6.07, 6.45) is 0. The van der Waals surface area contributed by atoms with Crippen molar-refractivity contribution in [2.75, 3.05) is 11.9 Å². The molecule has 19 heavy (non-hydrogen) atoms. The Kier molecular flexibility index (Phi) is 4.70. The summed E-state index contributed by atoms with van der Waals surface area (Å²) < 4.78 is 0. The molecule has 2 aromatic carbocycles. The second kappa shape index (κ2) is 6.29. The van der Waals surface area contributed by atoms with Crippen LogP contribution in [0.5, 0.6) is 0 Å². The fourth-order valence-corrected chi connectivity index (χ4v) is 2.37. The first-order valence-corrected chi connectivity index (χ1v) is 6.71. The normalized spacial score (nSPS) is 10.5. The number of aliphatic hydroxyl groups excluding tert-OH is 1. The standard InChI is InChI=1S/C15H15Cl2NO/c1-18(9-11-5-7-12(16)8-6-11)15-4-2-3-14(17)13(15)10-19/h2-8,19H,9-10H2,1H3. The molecule has 4 heteroatoms. The van der Waals surface area contributed by atoms with Crippen LogP contribution in [-0.2, 0) is 13.2 Å². The van der Waals surface area contributed by atoms with Gasteiger partial charge < -0.3 is 10.0 Å². The maximum absolute atomic E-state index is 9.42. The molecule has 0 aliphatic carbocycles. The second-order valence-corrected chi connectivity index (χ2v) is 5.22. The van der Waals surface area contributed by atoms with E-state index in [1.54, 1.807) is 6.07 Å². The van der Waals surface area contributed by atoms with Crippen LogP contribution in [0.2, 0.25) is 10.0 Å². The summed E-state index contributed by atoms with van der Waals surface area (Å²) >= 11 is 12.0. The number of hydrogen-bond donors (Lipinski definition) is 1. The summed E-state index contributed by atoms with van der Waals surface area (Å²) in [7, 11) is 1.97. The molecule has 0 aliphatic rings. The molecule has 2 nitrogen and oxygen atoms in total. The molecule has 0 unspecified atom stereocenters. The molecule has 0 radical (unpaired) electrons. The average Bonchev–Trinajstić information content (AvgIpc) is 2.41. The SMILES string of the molecule is CN(Cc1ccc(Cl)cc1)c1cccc(Cl)c1CO. The van der Waals surface area contributed by atoms with Gasteiger partial charge in [0, 0.05) is 34.9 Å². The maximum atomic E-state index is 9.42. The highest BCUT2D eigenvalue weighted by Gasteiger charge is 2.10. The molecule has 0 atom stereocenters. The number of benzene rings is 2. The Morgan fingerprint density at radius 1 is 1.05 bits per heavy atom. The van der Waals surface area contributed by atoms with Gasteiger partial charge in [-0.2, -0.15) is 0 Å². The van der Waals surface area contributed by atoms with Crippen molar-refractivity contribution in [1.29, 1.82) is 0 Å². The fraction of sp³-hybridized carbons (Fsp3) is 0.200. The lowest BCUT2D eigenvalue weighted by Gasteiger charge is -2.22. The minimum absolute atomic E-state index is 0.0695. The van der Waals surface area contributed by atoms with E-state index >= 15 is 0 Å².